The summed E-state index contributed by atoms with van der Waals surface area (Å²) in [6.45, 7) is 0. The van der Waals surface area contributed by atoms with E-state index in [1.807, 2.05) is 0 Å². The minimum atomic E-state index is -0.628. The van der Waals surface area contributed by atoms with Crippen LogP contribution in [0.2, 0.25) is 0 Å². The third-order valence-electron chi connectivity index (χ3n) is 4.23. The Hall–Kier alpha value is -1.23. The van der Waals surface area contributed by atoms with E-state index in [2.05, 4.69) is 10.6 Å². The topological polar surface area (TPSA) is 24.1 Å². The molecule has 0 saturated heterocycles. The van der Waals surface area contributed by atoms with Crippen LogP contribution in [0.5, 0.6) is 0 Å². The van der Waals surface area contributed by atoms with E-state index in [9.17, 15) is 8.78 Å². The molecule has 0 spiro atoms. The maximum atomic E-state index is 13.5. The van der Waals surface area contributed by atoms with Crippen molar-refractivity contribution in [3.05, 3.63) is 29.8 Å². The Balaban J connectivity index is 1.59. The molecule has 5 heteroatoms. The molecule has 3 rings (SSSR count). The molecule has 0 amide bonds. The van der Waals surface area contributed by atoms with Gasteiger partial charge in [0, 0.05) is 12.1 Å². The second-order valence-electron chi connectivity index (χ2n) is 5.50. The molecule has 2 N–H and O–H groups in total. The number of nitrogens with one attached hydrogen (secondary N) is 2. The van der Waals surface area contributed by atoms with Crippen LogP contribution < -0.4 is 10.6 Å². The number of benzene rings is 1. The molecule has 3 atom stereocenters. The fourth-order valence-electron chi connectivity index (χ4n) is 3.34. The molecule has 2 saturated carbocycles. The lowest BCUT2D eigenvalue weighted by Crippen LogP contribution is -2.40. The van der Waals surface area contributed by atoms with Crippen molar-refractivity contribution < 1.29 is 8.78 Å². The van der Waals surface area contributed by atoms with Crippen molar-refractivity contribution in [2.45, 2.75) is 31.7 Å². The van der Waals surface area contributed by atoms with E-state index >= 15 is 0 Å². The molecule has 3 unspecified atom stereocenters. The molecule has 19 heavy (non-hydrogen) atoms. The average Bonchev–Trinajstić information content (AvgIpc) is 2.95. The highest BCUT2D eigenvalue weighted by atomic mass is 32.1. The van der Waals surface area contributed by atoms with Crippen LogP contribution in [0.1, 0.15) is 25.7 Å². The molecule has 2 aliphatic rings. The number of halogens is 2. The smallest absolute Gasteiger partial charge is 0.171 e. The minimum Gasteiger partial charge on any atom is -0.359 e. The third-order valence-corrected chi connectivity index (χ3v) is 4.45. The summed E-state index contributed by atoms with van der Waals surface area (Å²) in [7, 11) is 0. The Morgan fingerprint density at radius 3 is 2.68 bits per heavy atom. The highest BCUT2D eigenvalue weighted by Gasteiger charge is 2.39. The van der Waals surface area contributed by atoms with Gasteiger partial charge in [0.25, 0.3) is 0 Å². The van der Waals surface area contributed by atoms with Crippen LogP contribution in [0.3, 0.4) is 0 Å². The highest BCUT2D eigenvalue weighted by molar-refractivity contribution is 7.80. The molecule has 0 aromatic heterocycles. The highest BCUT2D eigenvalue weighted by Crippen LogP contribution is 2.44. The molecule has 1 aromatic rings. The van der Waals surface area contributed by atoms with Crippen molar-refractivity contribution in [2.75, 3.05) is 5.32 Å². The van der Waals surface area contributed by atoms with Gasteiger partial charge in [-0.2, -0.15) is 0 Å². The first-order chi connectivity index (χ1) is 9.11. The van der Waals surface area contributed by atoms with Crippen LogP contribution in [-0.2, 0) is 0 Å². The lowest BCUT2D eigenvalue weighted by atomic mass is 9.96. The third kappa shape index (κ3) is 2.71. The summed E-state index contributed by atoms with van der Waals surface area (Å²) in [5, 5.41) is 6.48. The van der Waals surface area contributed by atoms with Crippen molar-refractivity contribution >= 4 is 23.0 Å². The molecular formula is C14H16F2N2S. The van der Waals surface area contributed by atoms with Gasteiger partial charge < -0.3 is 10.6 Å². The van der Waals surface area contributed by atoms with Crippen molar-refractivity contribution in [1.29, 1.82) is 0 Å². The number of hydrogen-bond donors (Lipinski definition) is 2. The van der Waals surface area contributed by atoms with Gasteiger partial charge in [-0.3, -0.25) is 0 Å². The second-order valence-corrected chi connectivity index (χ2v) is 5.91. The normalized spacial score (nSPS) is 28.4. The standard InChI is InChI=1S/C14H16F2N2S/c15-10-3-4-12(11(16)7-10)17-14(19)18-13-6-8-1-2-9(13)5-8/h3-4,7-9,13H,1-2,5-6H2,(H2,17,18,19). The lowest BCUT2D eigenvalue weighted by molar-refractivity contribution is 0.391. The zero-order chi connectivity index (χ0) is 13.4. The minimum absolute atomic E-state index is 0.210. The SMILES string of the molecule is Fc1ccc(NC(=S)NC2CC3CCC2C3)c(F)c1. The van der Waals surface area contributed by atoms with Crippen LogP contribution in [0.25, 0.3) is 0 Å². The van der Waals surface area contributed by atoms with E-state index in [0.29, 0.717) is 17.1 Å². The van der Waals surface area contributed by atoms with Gasteiger partial charge in [-0.1, -0.05) is 6.42 Å². The predicted molar refractivity (Wildman–Crippen MR) is 75.0 cm³/mol. The zero-order valence-corrected chi connectivity index (χ0v) is 11.3. The quantitative estimate of drug-likeness (QED) is 0.813. The van der Waals surface area contributed by atoms with E-state index in [1.54, 1.807) is 0 Å². The molecule has 2 aliphatic carbocycles. The van der Waals surface area contributed by atoms with Gasteiger partial charge in [0.15, 0.2) is 5.11 Å². The number of hydrogen-bond acceptors (Lipinski definition) is 1. The monoisotopic (exact) mass is 282 g/mol. The molecule has 0 radical (unpaired) electrons. The number of anilines is 1. The van der Waals surface area contributed by atoms with Crippen LogP contribution in [0.4, 0.5) is 14.5 Å². The molecule has 2 nitrogen and oxygen atoms in total. The van der Waals surface area contributed by atoms with Crippen molar-refractivity contribution in [3.8, 4) is 0 Å². The summed E-state index contributed by atoms with van der Waals surface area (Å²) < 4.78 is 26.3. The zero-order valence-electron chi connectivity index (χ0n) is 10.5. The van der Waals surface area contributed by atoms with E-state index in [1.165, 1.54) is 31.4 Å². The molecule has 2 fully saturated rings. The van der Waals surface area contributed by atoms with Crippen LogP contribution in [0.15, 0.2) is 18.2 Å². The Bertz CT molecular complexity index is 506. The Kier molecular flexibility index (Phi) is 3.39. The van der Waals surface area contributed by atoms with Crippen molar-refractivity contribution in [1.82, 2.24) is 5.32 Å². The number of thiocarbonyl (C=S) groups is 1. The molecule has 102 valence electrons. The summed E-state index contributed by atoms with van der Waals surface area (Å²) in [5.41, 5.74) is 0.210. The van der Waals surface area contributed by atoms with Gasteiger partial charge in [0.1, 0.15) is 11.6 Å². The van der Waals surface area contributed by atoms with Gasteiger partial charge in [-0.15, -0.1) is 0 Å². The van der Waals surface area contributed by atoms with Gasteiger partial charge in [0.2, 0.25) is 0 Å². The number of rotatable bonds is 2. The average molecular weight is 282 g/mol. The Labute approximate surface area is 116 Å². The van der Waals surface area contributed by atoms with Gasteiger partial charge in [-0.05, 0) is 55.4 Å². The summed E-state index contributed by atoms with van der Waals surface area (Å²) in [4.78, 5) is 0. The maximum Gasteiger partial charge on any atom is 0.171 e. The number of fused-ring (bicyclic) bond motifs is 2. The molecule has 1 aromatic carbocycles. The van der Waals surface area contributed by atoms with Crippen LogP contribution in [0, 0.1) is 23.5 Å². The molecule has 0 heterocycles. The van der Waals surface area contributed by atoms with Gasteiger partial charge >= 0.3 is 0 Å². The van der Waals surface area contributed by atoms with E-state index in [4.69, 9.17) is 12.2 Å². The molecule has 2 bridgehead atoms. The largest absolute Gasteiger partial charge is 0.359 e. The van der Waals surface area contributed by atoms with Crippen molar-refractivity contribution in [2.24, 2.45) is 11.8 Å². The Morgan fingerprint density at radius 1 is 1.21 bits per heavy atom. The van der Waals surface area contributed by atoms with Crippen LogP contribution in [-0.4, -0.2) is 11.2 Å². The fourth-order valence-corrected chi connectivity index (χ4v) is 3.60. The first-order valence-electron chi connectivity index (χ1n) is 6.64. The van der Waals surface area contributed by atoms with Gasteiger partial charge in [0.05, 0.1) is 5.69 Å². The van der Waals surface area contributed by atoms with E-state index in [-0.39, 0.29) is 5.69 Å². The first-order valence-corrected chi connectivity index (χ1v) is 7.05. The van der Waals surface area contributed by atoms with Crippen LogP contribution >= 0.6 is 12.2 Å². The fraction of sp³-hybridized carbons (Fsp3) is 0.500. The Morgan fingerprint density at radius 2 is 2.05 bits per heavy atom. The predicted octanol–water partition coefficient (Wildman–Crippen LogP) is 3.44. The lowest BCUT2D eigenvalue weighted by Gasteiger charge is -2.24. The van der Waals surface area contributed by atoms with Crippen molar-refractivity contribution in [3.63, 3.8) is 0 Å². The summed E-state index contributed by atoms with van der Waals surface area (Å²) >= 11 is 5.20. The van der Waals surface area contributed by atoms with E-state index < -0.39 is 11.6 Å². The first kappa shape index (κ1) is 12.8. The van der Waals surface area contributed by atoms with Gasteiger partial charge in [-0.25, -0.2) is 8.78 Å². The molecule has 0 aliphatic heterocycles. The maximum absolute atomic E-state index is 13.5. The van der Waals surface area contributed by atoms with E-state index in [0.717, 1.165) is 18.4 Å². The molecular weight excluding hydrogens is 266 g/mol. The second kappa shape index (κ2) is 5.04. The summed E-state index contributed by atoms with van der Waals surface area (Å²) in [6, 6.07) is 3.83. The summed E-state index contributed by atoms with van der Waals surface area (Å²) in [5.74, 6) is 0.308. The summed E-state index contributed by atoms with van der Waals surface area (Å²) in [6.07, 6.45) is 5.02.